The molecule has 2 nitrogen and oxygen atoms in total. The fraction of sp³-hybridized carbons (Fsp3) is 0.250. The van der Waals surface area contributed by atoms with Crippen molar-refractivity contribution in [2.75, 3.05) is 7.11 Å². The molecule has 19 heavy (non-hydrogen) atoms. The normalized spacial score (nSPS) is 11.8. The van der Waals surface area contributed by atoms with Gasteiger partial charge in [0.25, 0.3) is 0 Å². The first-order valence-corrected chi connectivity index (χ1v) is 6.11. The van der Waals surface area contributed by atoms with Gasteiger partial charge in [-0.15, -0.1) is 11.3 Å². The Balaban J connectivity index is 2.45. The topological polar surface area (TPSA) is 22.1 Å². The fourth-order valence-corrected chi connectivity index (χ4v) is 2.38. The molecule has 0 atom stereocenters. The van der Waals surface area contributed by atoms with Gasteiger partial charge in [-0.05, 0) is 12.1 Å². The number of ether oxygens (including phenoxy) is 1. The summed E-state index contributed by atoms with van der Waals surface area (Å²) in [5.74, 6) is -1.30. The van der Waals surface area contributed by atoms with E-state index in [1.807, 2.05) is 0 Å². The number of rotatable bonds is 3. The van der Waals surface area contributed by atoms with Gasteiger partial charge in [0.2, 0.25) is 0 Å². The minimum atomic E-state index is -4.72. The van der Waals surface area contributed by atoms with E-state index in [2.05, 4.69) is 4.98 Å². The first-order valence-electron chi connectivity index (χ1n) is 5.23. The van der Waals surface area contributed by atoms with Crippen molar-refractivity contribution in [3.8, 4) is 10.6 Å². The molecule has 0 aliphatic rings. The summed E-state index contributed by atoms with van der Waals surface area (Å²) >= 11 is 1.08. The number of methoxy groups -OCH3 is 1. The van der Waals surface area contributed by atoms with Gasteiger partial charge in [0.1, 0.15) is 10.8 Å². The Hall–Kier alpha value is -1.47. The van der Waals surface area contributed by atoms with Gasteiger partial charge >= 0.3 is 6.18 Å². The summed E-state index contributed by atoms with van der Waals surface area (Å²) < 4.78 is 56.5. The summed E-state index contributed by atoms with van der Waals surface area (Å²) in [6.07, 6.45) is -4.72. The van der Waals surface area contributed by atoms with Gasteiger partial charge in [0.05, 0.1) is 17.9 Å². The molecule has 0 radical (unpaired) electrons. The number of aromatic nitrogens is 1. The predicted molar refractivity (Wildman–Crippen MR) is 63.2 cm³/mol. The van der Waals surface area contributed by atoms with Crippen LogP contribution in [0.3, 0.4) is 0 Å². The number of thiazole rings is 1. The summed E-state index contributed by atoms with van der Waals surface area (Å²) in [5.41, 5.74) is -0.880. The Morgan fingerprint density at radius 3 is 2.68 bits per heavy atom. The predicted octanol–water partition coefficient (Wildman–Crippen LogP) is 4.11. The third kappa shape index (κ3) is 2.93. The SMILES string of the molecule is COCc1csc(-c2cccc(C(F)(F)F)c2F)n1. The number of benzene rings is 1. The maximum atomic E-state index is 13.9. The van der Waals surface area contributed by atoms with Crippen LogP contribution in [0.5, 0.6) is 0 Å². The summed E-state index contributed by atoms with van der Waals surface area (Å²) in [5, 5.41) is 1.83. The molecule has 0 saturated carbocycles. The Kier molecular flexibility index (Phi) is 3.86. The largest absolute Gasteiger partial charge is 0.419 e. The van der Waals surface area contributed by atoms with Gasteiger partial charge < -0.3 is 4.74 Å². The van der Waals surface area contributed by atoms with E-state index in [9.17, 15) is 17.6 Å². The molecule has 1 aromatic heterocycles. The molecule has 0 unspecified atom stereocenters. The van der Waals surface area contributed by atoms with Crippen LogP contribution >= 0.6 is 11.3 Å². The van der Waals surface area contributed by atoms with Crippen molar-refractivity contribution < 1.29 is 22.3 Å². The van der Waals surface area contributed by atoms with E-state index in [0.29, 0.717) is 11.8 Å². The zero-order valence-electron chi connectivity index (χ0n) is 9.79. The van der Waals surface area contributed by atoms with E-state index < -0.39 is 17.6 Å². The maximum Gasteiger partial charge on any atom is 0.419 e. The smallest absolute Gasteiger partial charge is 0.378 e. The van der Waals surface area contributed by atoms with Crippen molar-refractivity contribution in [2.45, 2.75) is 12.8 Å². The molecule has 1 heterocycles. The zero-order valence-corrected chi connectivity index (χ0v) is 10.6. The van der Waals surface area contributed by atoms with Crippen LogP contribution < -0.4 is 0 Å². The lowest BCUT2D eigenvalue weighted by atomic mass is 10.1. The van der Waals surface area contributed by atoms with Gasteiger partial charge in [0.15, 0.2) is 0 Å². The summed E-state index contributed by atoms with van der Waals surface area (Å²) in [7, 11) is 1.48. The molecule has 0 aliphatic carbocycles. The quantitative estimate of drug-likeness (QED) is 0.794. The lowest BCUT2D eigenvalue weighted by Gasteiger charge is -2.09. The average Bonchev–Trinajstić information content (AvgIpc) is 2.76. The van der Waals surface area contributed by atoms with E-state index in [1.165, 1.54) is 19.2 Å². The summed E-state index contributed by atoms with van der Waals surface area (Å²) in [6.45, 7) is 0.233. The van der Waals surface area contributed by atoms with Gasteiger partial charge in [0, 0.05) is 18.1 Å². The molecule has 102 valence electrons. The number of nitrogens with zero attached hydrogens (tertiary/aromatic N) is 1. The fourth-order valence-electron chi connectivity index (χ4n) is 1.56. The van der Waals surface area contributed by atoms with Crippen LogP contribution in [0.15, 0.2) is 23.6 Å². The summed E-state index contributed by atoms with van der Waals surface area (Å²) in [6, 6.07) is 3.15. The Labute approximate surface area is 110 Å². The molecular formula is C12H9F4NOS. The third-order valence-electron chi connectivity index (χ3n) is 2.38. The Morgan fingerprint density at radius 2 is 2.05 bits per heavy atom. The highest BCUT2D eigenvalue weighted by atomic mass is 32.1. The number of hydrogen-bond acceptors (Lipinski definition) is 3. The Morgan fingerprint density at radius 1 is 1.32 bits per heavy atom. The molecule has 0 spiro atoms. The van der Waals surface area contributed by atoms with E-state index in [4.69, 9.17) is 4.74 Å². The van der Waals surface area contributed by atoms with E-state index >= 15 is 0 Å². The first-order chi connectivity index (χ1) is 8.93. The second-order valence-electron chi connectivity index (χ2n) is 3.74. The van der Waals surface area contributed by atoms with Crippen LogP contribution in [0.1, 0.15) is 11.3 Å². The summed E-state index contributed by atoms with van der Waals surface area (Å²) in [4.78, 5) is 4.04. The monoisotopic (exact) mass is 291 g/mol. The lowest BCUT2D eigenvalue weighted by Crippen LogP contribution is -2.08. The molecule has 0 N–H and O–H groups in total. The van der Waals surface area contributed by atoms with Crippen LogP contribution in [0.4, 0.5) is 17.6 Å². The zero-order chi connectivity index (χ0) is 14.0. The average molecular weight is 291 g/mol. The van der Waals surface area contributed by atoms with Gasteiger partial charge in [-0.25, -0.2) is 9.37 Å². The van der Waals surface area contributed by atoms with Crippen molar-refractivity contribution in [3.63, 3.8) is 0 Å². The van der Waals surface area contributed by atoms with E-state index in [-0.39, 0.29) is 17.2 Å². The van der Waals surface area contributed by atoms with Crippen molar-refractivity contribution in [2.24, 2.45) is 0 Å². The van der Waals surface area contributed by atoms with Crippen molar-refractivity contribution in [1.82, 2.24) is 4.98 Å². The molecule has 0 bridgehead atoms. The van der Waals surface area contributed by atoms with Crippen LogP contribution in [0.25, 0.3) is 10.6 Å². The van der Waals surface area contributed by atoms with Crippen LogP contribution in [0.2, 0.25) is 0 Å². The third-order valence-corrected chi connectivity index (χ3v) is 3.30. The van der Waals surface area contributed by atoms with E-state index in [0.717, 1.165) is 11.3 Å². The minimum absolute atomic E-state index is 0.151. The van der Waals surface area contributed by atoms with Crippen LogP contribution in [0, 0.1) is 5.82 Å². The van der Waals surface area contributed by atoms with Gasteiger partial charge in [-0.2, -0.15) is 13.2 Å². The molecule has 0 saturated heterocycles. The lowest BCUT2D eigenvalue weighted by molar-refractivity contribution is -0.139. The van der Waals surface area contributed by atoms with E-state index in [1.54, 1.807) is 5.38 Å². The first kappa shape index (κ1) is 14.0. The highest BCUT2D eigenvalue weighted by Gasteiger charge is 2.35. The maximum absolute atomic E-state index is 13.9. The molecule has 7 heteroatoms. The van der Waals surface area contributed by atoms with Crippen molar-refractivity contribution in [3.05, 3.63) is 40.7 Å². The molecule has 1 aromatic carbocycles. The highest BCUT2D eigenvalue weighted by Crippen LogP contribution is 2.36. The second kappa shape index (κ2) is 5.26. The number of hydrogen-bond donors (Lipinski definition) is 0. The number of alkyl halides is 3. The molecule has 0 fully saturated rings. The minimum Gasteiger partial charge on any atom is -0.378 e. The van der Waals surface area contributed by atoms with Crippen molar-refractivity contribution in [1.29, 1.82) is 0 Å². The molecule has 0 amide bonds. The Bertz CT molecular complexity index is 579. The van der Waals surface area contributed by atoms with Gasteiger partial charge in [-0.3, -0.25) is 0 Å². The van der Waals surface area contributed by atoms with Crippen molar-refractivity contribution >= 4 is 11.3 Å². The second-order valence-corrected chi connectivity index (χ2v) is 4.60. The molecule has 2 rings (SSSR count). The standard InChI is InChI=1S/C12H9F4NOS/c1-18-5-7-6-19-11(17-7)8-3-2-4-9(10(8)13)12(14,15)16/h2-4,6H,5H2,1H3. The molecule has 2 aromatic rings. The number of halogens is 4. The molecular weight excluding hydrogens is 282 g/mol. The van der Waals surface area contributed by atoms with Gasteiger partial charge in [-0.1, -0.05) is 6.07 Å². The molecule has 0 aliphatic heterocycles. The highest BCUT2D eigenvalue weighted by molar-refractivity contribution is 7.13. The van der Waals surface area contributed by atoms with Crippen LogP contribution in [-0.4, -0.2) is 12.1 Å². The van der Waals surface area contributed by atoms with Crippen LogP contribution in [-0.2, 0) is 17.5 Å².